The zero-order chi connectivity index (χ0) is 37.2. The summed E-state index contributed by atoms with van der Waals surface area (Å²) in [6.07, 6.45) is 0. The molecule has 0 amide bonds. The van der Waals surface area contributed by atoms with E-state index < -0.39 is 0 Å². The highest BCUT2D eigenvalue weighted by Crippen LogP contribution is 2.44. The van der Waals surface area contributed by atoms with Crippen LogP contribution in [0.15, 0.2) is 194 Å². The number of benzene rings is 8. The first-order chi connectivity index (χ1) is 28.3. The van der Waals surface area contributed by atoms with Crippen LogP contribution in [0, 0.1) is 0 Å². The van der Waals surface area contributed by atoms with E-state index in [2.05, 4.69) is 217 Å². The van der Waals surface area contributed by atoms with Gasteiger partial charge in [-0.25, -0.2) is 4.98 Å². The monoisotopic (exact) mass is 728 g/mol. The maximum atomic E-state index is 5.20. The molecule has 266 valence electrons. The summed E-state index contributed by atoms with van der Waals surface area (Å²) in [4.78, 5) is 5.20. The van der Waals surface area contributed by atoms with Gasteiger partial charge in [-0.3, -0.25) is 18.1 Å². The summed E-state index contributed by atoms with van der Waals surface area (Å²) in [5.41, 5.74) is 14.5. The average molecular weight is 729 g/mol. The normalized spacial score (nSPS) is 12.2. The van der Waals surface area contributed by atoms with Gasteiger partial charge in [-0.15, -0.1) is 0 Å². The Kier molecular flexibility index (Phi) is 6.07. The first-order valence-electron chi connectivity index (χ1n) is 19.4. The van der Waals surface area contributed by atoms with Gasteiger partial charge >= 0.3 is 0 Å². The lowest BCUT2D eigenvalue weighted by molar-refractivity contribution is 1.05. The van der Waals surface area contributed by atoms with Crippen LogP contribution in [0.2, 0.25) is 0 Å². The second-order valence-corrected chi connectivity index (χ2v) is 14.8. The molecule has 0 radical (unpaired) electrons. The fourth-order valence-electron chi connectivity index (χ4n) is 9.61. The Hall–Kier alpha value is -7.83. The minimum atomic E-state index is 0.895. The van der Waals surface area contributed by atoms with Gasteiger partial charge in [0.05, 0.1) is 55.5 Å². The molecule has 0 bridgehead atoms. The number of imidazole rings is 2. The van der Waals surface area contributed by atoms with Gasteiger partial charge in [-0.05, 0) is 78.9 Å². The lowest BCUT2D eigenvalue weighted by atomic mass is 10.1. The van der Waals surface area contributed by atoms with E-state index in [1.165, 1.54) is 38.0 Å². The van der Waals surface area contributed by atoms with E-state index in [9.17, 15) is 0 Å². The minimum absolute atomic E-state index is 0.895. The van der Waals surface area contributed by atoms with Crippen LogP contribution in [-0.4, -0.2) is 27.7 Å². The van der Waals surface area contributed by atoms with Crippen molar-refractivity contribution in [2.75, 3.05) is 0 Å². The standard InChI is InChI=1S/C51H32N6/c1-2-16-33(17-3-1)53-41-25-8-4-20-36(41)37-23-15-31-47(49(37)53)56-43-27-10-6-22-39(43)48-38-21-5-9-26-42(38)54(50(48)56)34-18-14-19-35(32-34)55-45-29-12-13-30-46(45)57-44-28-11-7-24-40(44)52-51(55)57/h1-32H. The molecule has 0 unspecified atom stereocenters. The van der Waals surface area contributed by atoms with Gasteiger partial charge in [-0.1, -0.05) is 115 Å². The Labute approximate surface area is 325 Å². The van der Waals surface area contributed by atoms with Crippen molar-refractivity contribution in [3.63, 3.8) is 0 Å². The lowest BCUT2D eigenvalue weighted by Gasteiger charge is -2.17. The third kappa shape index (κ3) is 4.05. The Morgan fingerprint density at radius 3 is 1.61 bits per heavy atom. The predicted molar refractivity (Wildman–Crippen MR) is 235 cm³/mol. The SMILES string of the molecule is c1ccc(-n2c3ccccc3c3cccc(-n4c5ccccc5c5c6ccccc6n(-c6cccc(-n7c8ccccc8n8c9ccccc9nc78)c6)c54)c32)cc1. The summed E-state index contributed by atoms with van der Waals surface area (Å²) in [6.45, 7) is 0. The number of hydrogen-bond donors (Lipinski definition) is 0. The molecule has 0 atom stereocenters. The maximum absolute atomic E-state index is 5.20. The summed E-state index contributed by atoms with van der Waals surface area (Å²) in [5.74, 6) is 0.895. The number of para-hydroxylation sites is 9. The summed E-state index contributed by atoms with van der Waals surface area (Å²) in [6, 6.07) is 70.0. The van der Waals surface area contributed by atoms with Crippen molar-refractivity contribution in [2.24, 2.45) is 0 Å². The molecule has 0 saturated heterocycles. The zero-order valence-electron chi connectivity index (χ0n) is 30.7. The number of hydrogen-bond acceptors (Lipinski definition) is 1. The summed E-state index contributed by atoms with van der Waals surface area (Å²) in [5, 5.41) is 6.13. The third-order valence-corrected chi connectivity index (χ3v) is 11.9. The molecule has 5 heterocycles. The van der Waals surface area contributed by atoms with E-state index in [1.54, 1.807) is 0 Å². The van der Waals surface area contributed by atoms with E-state index in [0.29, 0.717) is 0 Å². The first-order valence-corrected chi connectivity index (χ1v) is 19.4. The zero-order valence-corrected chi connectivity index (χ0v) is 30.7. The molecule has 0 aliphatic carbocycles. The van der Waals surface area contributed by atoms with Gasteiger partial charge in [0, 0.05) is 38.3 Å². The van der Waals surface area contributed by atoms with Crippen molar-refractivity contribution in [1.82, 2.24) is 27.7 Å². The van der Waals surface area contributed by atoms with Crippen molar-refractivity contribution in [3.8, 4) is 22.7 Å². The maximum Gasteiger partial charge on any atom is 0.220 e. The van der Waals surface area contributed by atoms with E-state index >= 15 is 0 Å². The number of aromatic nitrogens is 6. The molecule has 0 fully saturated rings. The Balaban J connectivity index is 1.16. The highest BCUT2D eigenvalue weighted by Gasteiger charge is 2.25. The summed E-state index contributed by atoms with van der Waals surface area (Å²) >= 11 is 0. The Morgan fingerprint density at radius 1 is 0.333 bits per heavy atom. The molecule has 13 aromatic rings. The number of nitrogens with zero attached hydrogens (tertiary/aromatic N) is 6. The molecule has 0 saturated carbocycles. The molecule has 6 heteroatoms. The van der Waals surface area contributed by atoms with E-state index in [-0.39, 0.29) is 0 Å². The Bertz CT molecular complexity index is 3760. The topological polar surface area (TPSA) is 37.0 Å². The van der Waals surface area contributed by atoms with Crippen molar-refractivity contribution in [2.45, 2.75) is 0 Å². The van der Waals surface area contributed by atoms with Crippen LogP contribution in [-0.2, 0) is 0 Å². The fourth-order valence-corrected chi connectivity index (χ4v) is 9.61. The average Bonchev–Trinajstić information content (AvgIpc) is 4.06. The molecular weight excluding hydrogens is 697 g/mol. The molecule has 13 rings (SSSR count). The molecule has 5 aromatic heterocycles. The van der Waals surface area contributed by atoms with Crippen LogP contribution in [0.1, 0.15) is 0 Å². The molecule has 0 aliphatic rings. The molecular formula is C51H32N6. The van der Waals surface area contributed by atoms with Gasteiger partial charge in [0.15, 0.2) is 0 Å². The summed E-state index contributed by atoms with van der Waals surface area (Å²) in [7, 11) is 0. The Morgan fingerprint density at radius 2 is 0.860 bits per heavy atom. The predicted octanol–water partition coefficient (Wildman–Crippen LogP) is 12.6. The highest BCUT2D eigenvalue weighted by atomic mass is 15.2. The molecule has 0 aliphatic heterocycles. The highest BCUT2D eigenvalue weighted by molar-refractivity contribution is 6.23. The number of rotatable bonds is 4. The van der Waals surface area contributed by atoms with Gasteiger partial charge in [0.2, 0.25) is 5.78 Å². The van der Waals surface area contributed by atoms with Crippen molar-refractivity contribution in [1.29, 1.82) is 0 Å². The van der Waals surface area contributed by atoms with Crippen molar-refractivity contribution >= 4 is 82.5 Å². The third-order valence-electron chi connectivity index (χ3n) is 11.9. The molecule has 6 nitrogen and oxygen atoms in total. The second-order valence-electron chi connectivity index (χ2n) is 14.8. The van der Waals surface area contributed by atoms with Gasteiger partial charge in [-0.2, -0.15) is 0 Å². The smallest absolute Gasteiger partial charge is 0.220 e. The first kappa shape index (κ1) is 30.5. The van der Waals surface area contributed by atoms with Crippen LogP contribution in [0.4, 0.5) is 0 Å². The fraction of sp³-hybridized carbons (Fsp3) is 0. The van der Waals surface area contributed by atoms with E-state index in [1.807, 2.05) is 0 Å². The second kappa shape index (κ2) is 11.4. The minimum Gasteiger partial charge on any atom is -0.307 e. The van der Waals surface area contributed by atoms with E-state index in [4.69, 9.17) is 4.98 Å². The lowest BCUT2D eigenvalue weighted by Crippen LogP contribution is -2.05. The van der Waals surface area contributed by atoms with Crippen LogP contribution in [0.5, 0.6) is 0 Å². The number of fused-ring (bicyclic) bond motifs is 13. The van der Waals surface area contributed by atoms with Crippen molar-refractivity contribution < 1.29 is 0 Å². The molecule has 0 spiro atoms. The van der Waals surface area contributed by atoms with Crippen LogP contribution < -0.4 is 0 Å². The van der Waals surface area contributed by atoms with Gasteiger partial charge in [0.25, 0.3) is 0 Å². The van der Waals surface area contributed by atoms with Crippen LogP contribution >= 0.6 is 0 Å². The van der Waals surface area contributed by atoms with Gasteiger partial charge < -0.3 is 4.57 Å². The van der Waals surface area contributed by atoms with Crippen LogP contribution in [0.3, 0.4) is 0 Å². The molecule has 0 N–H and O–H groups in total. The molecule has 57 heavy (non-hydrogen) atoms. The molecule has 8 aromatic carbocycles. The van der Waals surface area contributed by atoms with Gasteiger partial charge in [0.1, 0.15) is 5.65 Å². The quantitative estimate of drug-likeness (QED) is 0.178. The largest absolute Gasteiger partial charge is 0.307 e. The van der Waals surface area contributed by atoms with Crippen molar-refractivity contribution in [3.05, 3.63) is 194 Å². The van der Waals surface area contributed by atoms with E-state index in [0.717, 1.165) is 67.3 Å². The summed E-state index contributed by atoms with van der Waals surface area (Å²) < 4.78 is 12.0. The van der Waals surface area contributed by atoms with Crippen LogP contribution in [0.25, 0.3) is 105 Å².